The van der Waals surface area contributed by atoms with Crippen molar-refractivity contribution in [1.82, 2.24) is 5.32 Å². The summed E-state index contributed by atoms with van der Waals surface area (Å²) in [5, 5.41) is 2.75. The summed E-state index contributed by atoms with van der Waals surface area (Å²) < 4.78 is 15.3. The van der Waals surface area contributed by atoms with Crippen LogP contribution >= 0.6 is 0 Å². The average molecular weight is 371 g/mol. The minimum Gasteiger partial charge on any atom is -0.469 e. The van der Waals surface area contributed by atoms with Crippen LogP contribution in [0.3, 0.4) is 0 Å². The summed E-state index contributed by atoms with van der Waals surface area (Å²) in [6.07, 6.45) is 3.59. The maximum Gasteiger partial charge on any atom is 0.410 e. The maximum absolute atomic E-state index is 12.2. The van der Waals surface area contributed by atoms with E-state index in [1.54, 1.807) is 13.8 Å². The Morgan fingerprint density at radius 3 is 2.12 bits per heavy atom. The van der Waals surface area contributed by atoms with Crippen molar-refractivity contribution >= 4 is 18.0 Å². The molecule has 0 bridgehead atoms. The SMILES string of the molecule is COC(=O)CC1(CNC(=O)OC(OC(=O)C(C)C)C(C)C)CCCCC1. The molecule has 1 amide bonds. The first-order valence-electron chi connectivity index (χ1n) is 9.41. The van der Waals surface area contributed by atoms with Gasteiger partial charge in [-0.15, -0.1) is 0 Å². The van der Waals surface area contributed by atoms with Crippen LogP contribution in [-0.2, 0) is 23.8 Å². The van der Waals surface area contributed by atoms with Gasteiger partial charge in [-0.25, -0.2) is 4.79 Å². The minimum atomic E-state index is -0.937. The molecule has 1 aliphatic carbocycles. The fourth-order valence-electron chi connectivity index (χ4n) is 3.05. The Morgan fingerprint density at radius 1 is 1.00 bits per heavy atom. The number of alkyl carbamates (subject to hydrolysis) is 1. The molecule has 1 N–H and O–H groups in total. The molecule has 7 heteroatoms. The number of methoxy groups -OCH3 is 1. The summed E-state index contributed by atoms with van der Waals surface area (Å²) >= 11 is 0. The molecule has 0 spiro atoms. The van der Waals surface area contributed by atoms with Crippen LogP contribution in [0, 0.1) is 17.3 Å². The first kappa shape index (κ1) is 22.3. The van der Waals surface area contributed by atoms with E-state index in [0.29, 0.717) is 6.54 Å². The third-order valence-corrected chi connectivity index (χ3v) is 4.74. The zero-order valence-electron chi connectivity index (χ0n) is 16.6. The summed E-state index contributed by atoms with van der Waals surface area (Å²) in [6, 6.07) is 0. The number of nitrogens with one attached hydrogen (secondary N) is 1. The summed E-state index contributed by atoms with van der Waals surface area (Å²) in [5.74, 6) is -1.14. The van der Waals surface area contributed by atoms with E-state index in [4.69, 9.17) is 14.2 Å². The van der Waals surface area contributed by atoms with Gasteiger partial charge in [0, 0.05) is 12.5 Å². The van der Waals surface area contributed by atoms with E-state index in [9.17, 15) is 14.4 Å². The predicted molar refractivity (Wildman–Crippen MR) is 96.2 cm³/mol. The molecular weight excluding hydrogens is 338 g/mol. The van der Waals surface area contributed by atoms with E-state index >= 15 is 0 Å². The lowest BCUT2D eigenvalue weighted by Gasteiger charge is -2.36. The Morgan fingerprint density at radius 2 is 1.62 bits per heavy atom. The number of esters is 2. The van der Waals surface area contributed by atoms with Crippen LogP contribution in [0.25, 0.3) is 0 Å². The molecule has 7 nitrogen and oxygen atoms in total. The average Bonchev–Trinajstić information content (AvgIpc) is 2.59. The molecule has 0 saturated heterocycles. The molecule has 0 aromatic heterocycles. The van der Waals surface area contributed by atoms with Crippen molar-refractivity contribution in [3.63, 3.8) is 0 Å². The van der Waals surface area contributed by atoms with Gasteiger partial charge in [0.25, 0.3) is 6.29 Å². The topological polar surface area (TPSA) is 90.9 Å². The standard InChI is InChI=1S/C19H33NO6/c1-13(2)16(22)25-17(14(3)4)26-18(23)20-12-19(11-15(21)24-5)9-7-6-8-10-19/h13-14,17H,6-12H2,1-5H3,(H,20,23). The van der Waals surface area contributed by atoms with Crippen LogP contribution < -0.4 is 5.32 Å². The number of hydrogen-bond acceptors (Lipinski definition) is 6. The highest BCUT2D eigenvalue weighted by Gasteiger charge is 2.35. The maximum atomic E-state index is 12.2. The monoisotopic (exact) mass is 371 g/mol. The van der Waals surface area contributed by atoms with Gasteiger partial charge in [0.05, 0.1) is 19.4 Å². The van der Waals surface area contributed by atoms with E-state index in [-0.39, 0.29) is 29.6 Å². The summed E-state index contributed by atoms with van der Waals surface area (Å²) in [7, 11) is 1.37. The Hall–Kier alpha value is -1.79. The summed E-state index contributed by atoms with van der Waals surface area (Å²) in [4.78, 5) is 35.7. The molecule has 1 aliphatic rings. The van der Waals surface area contributed by atoms with Gasteiger partial charge in [-0.2, -0.15) is 0 Å². The number of amides is 1. The van der Waals surface area contributed by atoms with Crippen LogP contribution in [0.5, 0.6) is 0 Å². The second-order valence-electron chi connectivity index (χ2n) is 7.78. The lowest BCUT2D eigenvalue weighted by atomic mass is 9.72. The van der Waals surface area contributed by atoms with Crippen molar-refractivity contribution in [2.75, 3.05) is 13.7 Å². The van der Waals surface area contributed by atoms with E-state index in [1.165, 1.54) is 7.11 Å². The van der Waals surface area contributed by atoms with Crippen LogP contribution in [0.4, 0.5) is 4.79 Å². The third kappa shape index (κ3) is 7.22. The molecule has 1 fully saturated rings. The summed E-state index contributed by atoms with van der Waals surface area (Å²) in [6.45, 7) is 7.40. The zero-order valence-corrected chi connectivity index (χ0v) is 16.6. The van der Waals surface area contributed by atoms with Crippen molar-refractivity contribution in [3.8, 4) is 0 Å². The predicted octanol–water partition coefficient (Wildman–Crippen LogP) is 3.41. The smallest absolute Gasteiger partial charge is 0.410 e. The van der Waals surface area contributed by atoms with Crippen LogP contribution in [-0.4, -0.2) is 38.0 Å². The second-order valence-corrected chi connectivity index (χ2v) is 7.78. The van der Waals surface area contributed by atoms with Gasteiger partial charge in [0.2, 0.25) is 0 Å². The lowest BCUT2D eigenvalue weighted by Crippen LogP contribution is -2.42. The second kappa shape index (κ2) is 10.4. The minimum absolute atomic E-state index is 0.165. The number of carbonyl (C=O) groups excluding carboxylic acids is 3. The zero-order chi connectivity index (χ0) is 19.7. The van der Waals surface area contributed by atoms with Crippen LogP contribution in [0.2, 0.25) is 0 Å². The van der Waals surface area contributed by atoms with Crippen LogP contribution in [0.15, 0.2) is 0 Å². The van der Waals surface area contributed by atoms with Crippen LogP contribution in [0.1, 0.15) is 66.2 Å². The highest BCUT2D eigenvalue weighted by Crippen LogP contribution is 2.39. The van der Waals surface area contributed by atoms with Crippen molar-refractivity contribution in [1.29, 1.82) is 0 Å². The largest absolute Gasteiger partial charge is 0.469 e. The summed E-state index contributed by atoms with van der Waals surface area (Å²) in [5.41, 5.74) is -0.299. The molecule has 1 unspecified atom stereocenters. The Kier molecular flexibility index (Phi) is 8.88. The number of ether oxygens (including phenoxy) is 3. The molecule has 0 heterocycles. The van der Waals surface area contributed by atoms with Crippen molar-refractivity contribution in [2.24, 2.45) is 17.3 Å². The van der Waals surface area contributed by atoms with Gasteiger partial charge >= 0.3 is 18.0 Å². The lowest BCUT2D eigenvalue weighted by molar-refractivity contribution is -0.178. The first-order chi connectivity index (χ1) is 12.2. The molecule has 0 aromatic rings. The van der Waals surface area contributed by atoms with Gasteiger partial charge in [0.15, 0.2) is 0 Å². The molecule has 150 valence electrons. The normalized spacial score (nSPS) is 17.5. The van der Waals surface area contributed by atoms with E-state index in [2.05, 4.69) is 5.32 Å². The van der Waals surface area contributed by atoms with Gasteiger partial charge in [-0.3, -0.25) is 9.59 Å². The quantitative estimate of drug-likeness (QED) is 0.519. The Labute approximate surface area is 156 Å². The molecule has 0 aliphatic heterocycles. The molecule has 0 radical (unpaired) electrons. The Balaban J connectivity index is 2.62. The molecule has 0 aromatic carbocycles. The van der Waals surface area contributed by atoms with Gasteiger partial charge in [0.1, 0.15) is 0 Å². The molecule has 26 heavy (non-hydrogen) atoms. The number of carbonyl (C=O) groups is 3. The molecule has 1 saturated carbocycles. The van der Waals surface area contributed by atoms with Gasteiger partial charge in [-0.1, -0.05) is 47.0 Å². The molecular formula is C19H33NO6. The van der Waals surface area contributed by atoms with Crippen molar-refractivity contribution in [3.05, 3.63) is 0 Å². The van der Waals surface area contributed by atoms with E-state index in [1.807, 2.05) is 13.8 Å². The molecule has 1 rings (SSSR count). The van der Waals surface area contributed by atoms with Gasteiger partial charge < -0.3 is 19.5 Å². The van der Waals surface area contributed by atoms with Crippen molar-refractivity contribution in [2.45, 2.75) is 72.5 Å². The number of hydrogen-bond donors (Lipinski definition) is 1. The third-order valence-electron chi connectivity index (χ3n) is 4.74. The van der Waals surface area contributed by atoms with E-state index < -0.39 is 18.4 Å². The highest BCUT2D eigenvalue weighted by atomic mass is 16.7. The van der Waals surface area contributed by atoms with E-state index in [0.717, 1.165) is 32.1 Å². The number of rotatable bonds is 8. The molecule has 1 atom stereocenters. The fourth-order valence-corrected chi connectivity index (χ4v) is 3.05. The Bertz CT molecular complexity index is 482. The first-order valence-corrected chi connectivity index (χ1v) is 9.41. The van der Waals surface area contributed by atoms with Gasteiger partial charge in [-0.05, 0) is 18.3 Å². The highest BCUT2D eigenvalue weighted by molar-refractivity contribution is 5.72. The fraction of sp³-hybridized carbons (Fsp3) is 0.842. The van der Waals surface area contributed by atoms with Crippen molar-refractivity contribution < 1.29 is 28.6 Å².